The average molecular weight is 466 g/mol. The maximum Gasteiger partial charge on any atom is 0.416 e. The number of carbonyl (C=O) groups excluding carboxylic acids is 1. The van der Waals surface area contributed by atoms with Crippen molar-refractivity contribution >= 4 is 17.9 Å². The molecular formula is C23H19F5N2OS. The molecule has 0 heterocycles. The fraction of sp³-hybridized carbons (Fsp3) is 0.174. The van der Waals surface area contributed by atoms with Crippen molar-refractivity contribution in [2.45, 2.75) is 17.6 Å². The van der Waals surface area contributed by atoms with Crippen molar-refractivity contribution < 1.29 is 26.7 Å². The van der Waals surface area contributed by atoms with Gasteiger partial charge in [0, 0.05) is 17.0 Å². The molecule has 0 spiro atoms. The second-order valence-electron chi connectivity index (χ2n) is 7.00. The van der Waals surface area contributed by atoms with Crippen molar-refractivity contribution in [1.29, 1.82) is 0 Å². The predicted molar refractivity (Wildman–Crippen MR) is 114 cm³/mol. The topological polar surface area (TPSA) is 32.3 Å². The minimum Gasteiger partial charge on any atom is -0.351 e. The monoisotopic (exact) mass is 466 g/mol. The van der Waals surface area contributed by atoms with Crippen molar-refractivity contribution in [3.8, 4) is 11.1 Å². The van der Waals surface area contributed by atoms with Gasteiger partial charge in [0.25, 0.3) is 0 Å². The number of halogens is 5. The first-order chi connectivity index (χ1) is 15.1. The molecule has 32 heavy (non-hydrogen) atoms. The molecule has 3 rings (SSSR count). The highest BCUT2D eigenvalue weighted by molar-refractivity contribution is 7.97. The number of nitrogens with zero attached hydrogens (tertiary/aromatic N) is 1. The summed E-state index contributed by atoms with van der Waals surface area (Å²) in [5.41, 5.74) is 0.241. The molecule has 0 radical (unpaired) electrons. The zero-order valence-corrected chi connectivity index (χ0v) is 17.7. The molecule has 1 N–H and O–H groups in total. The first kappa shape index (κ1) is 23.7. The molecule has 168 valence electrons. The number of alkyl halides is 3. The van der Waals surface area contributed by atoms with Crippen LogP contribution in [0.4, 0.5) is 22.0 Å². The Balaban J connectivity index is 1.59. The number of rotatable bonds is 7. The second-order valence-corrected chi connectivity index (χ2v) is 8.27. The minimum absolute atomic E-state index is 0.0645. The molecule has 0 unspecified atom stereocenters. The summed E-state index contributed by atoms with van der Waals surface area (Å²) in [7, 11) is 1.72. The molecule has 1 amide bonds. The Morgan fingerprint density at radius 2 is 1.62 bits per heavy atom. The molecule has 0 aliphatic carbocycles. The molecule has 0 aromatic heterocycles. The summed E-state index contributed by atoms with van der Waals surface area (Å²) < 4.78 is 67.1. The lowest BCUT2D eigenvalue weighted by Gasteiger charge is -2.15. The minimum atomic E-state index is -4.47. The summed E-state index contributed by atoms with van der Waals surface area (Å²) in [5, 5.41) is 2.73. The molecule has 0 atom stereocenters. The van der Waals surface area contributed by atoms with Gasteiger partial charge in [-0.3, -0.25) is 4.79 Å². The lowest BCUT2D eigenvalue weighted by molar-refractivity contribution is -0.137. The number of amides is 1. The van der Waals surface area contributed by atoms with E-state index in [-0.39, 0.29) is 30.4 Å². The maximum atomic E-state index is 14.3. The molecule has 0 bridgehead atoms. The second kappa shape index (κ2) is 10.1. The van der Waals surface area contributed by atoms with Crippen LogP contribution in [0.1, 0.15) is 11.1 Å². The number of hydrogen-bond donors (Lipinski definition) is 1. The van der Waals surface area contributed by atoms with E-state index < -0.39 is 17.6 Å². The first-order valence-corrected chi connectivity index (χ1v) is 10.3. The van der Waals surface area contributed by atoms with Crippen LogP contribution in [0.5, 0.6) is 0 Å². The number of carbonyl (C=O) groups is 1. The summed E-state index contributed by atoms with van der Waals surface area (Å²) >= 11 is 1.28. The van der Waals surface area contributed by atoms with Crippen LogP contribution in [0.25, 0.3) is 11.1 Å². The van der Waals surface area contributed by atoms with E-state index in [1.807, 2.05) is 0 Å². The number of benzene rings is 3. The Morgan fingerprint density at radius 1 is 0.969 bits per heavy atom. The van der Waals surface area contributed by atoms with Gasteiger partial charge in [0.2, 0.25) is 5.91 Å². The molecule has 3 nitrogen and oxygen atoms in total. The van der Waals surface area contributed by atoms with Crippen LogP contribution in [0.15, 0.2) is 71.6 Å². The summed E-state index contributed by atoms with van der Waals surface area (Å²) in [6, 6.07) is 14.3. The highest BCUT2D eigenvalue weighted by Crippen LogP contribution is 2.32. The third-order valence-corrected chi connectivity index (χ3v) is 5.41. The van der Waals surface area contributed by atoms with E-state index in [0.29, 0.717) is 11.1 Å². The summed E-state index contributed by atoms with van der Waals surface area (Å²) in [6.07, 6.45) is -4.47. The van der Waals surface area contributed by atoms with Gasteiger partial charge in [-0.25, -0.2) is 13.1 Å². The Morgan fingerprint density at radius 3 is 2.25 bits per heavy atom. The van der Waals surface area contributed by atoms with Gasteiger partial charge in [-0.2, -0.15) is 13.2 Å². The van der Waals surface area contributed by atoms with E-state index in [1.54, 1.807) is 23.5 Å². The van der Waals surface area contributed by atoms with Gasteiger partial charge in [-0.1, -0.05) is 18.2 Å². The third-order valence-electron chi connectivity index (χ3n) is 4.48. The van der Waals surface area contributed by atoms with E-state index in [2.05, 4.69) is 5.32 Å². The normalized spacial score (nSPS) is 11.6. The Labute approximate surface area is 186 Å². The molecule has 0 saturated heterocycles. The number of nitrogens with one attached hydrogen (secondary N) is 1. The highest BCUT2D eigenvalue weighted by Gasteiger charge is 2.30. The van der Waals surface area contributed by atoms with Crippen LogP contribution < -0.4 is 5.32 Å². The van der Waals surface area contributed by atoms with Crippen molar-refractivity contribution in [1.82, 2.24) is 9.62 Å². The molecule has 3 aromatic rings. The summed E-state index contributed by atoms with van der Waals surface area (Å²) in [5.74, 6) is -1.19. The maximum absolute atomic E-state index is 14.3. The van der Waals surface area contributed by atoms with E-state index in [0.717, 1.165) is 17.0 Å². The predicted octanol–water partition coefficient (Wildman–Crippen LogP) is 5.91. The molecule has 0 aliphatic rings. The average Bonchev–Trinajstić information content (AvgIpc) is 2.74. The Hall–Kier alpha value is -2.91. The van der Waals surface area contributed by atoms with Crippen LogP contribution in [0.2, 0.25) is 0 Å². The largest absolute Gasteiger partial charge is 0.416 e. The fourth-order valence-electron chi connectivity index (χ4n) is 2.91. The lowest BCUT2D eigenvalue weighted by Crippen LogP contribution is -2.31. The number of likely N-dealkylation sites (N-methyl/N-ethyl adjacent to an activating group) is 1. The van der Waals surface area contributed by atoms with Gasteiger partial charge >= 0.3 is 6.18 Å². The molecule has 3 aromatic carbocycles. The van der Waals surface area contributed by atoms with Crippen molar-refractivity contribution in [2.24, 2.45) is 0 Å². The third kappa shape index (κ3) is 6.54. The van der Waals surface area contributed by atoms with Gasteiger partial charge in [0.05, 0.1) is 12.1 Å². The van der Waals surface area contributed by atoms with Crippen LogP contribution in [-0.4, -0.2) is 23.8 Å². The SMILES string of the molecule is CN(CC(=O)NCc1ccc(F)c(-c2ccc(C(F)(F)F)cc2)c1)Sc1ccc(F)cc1. The number of hydrogen-bond acceptors (Lipinski definition) is 3. The zero-order chi connectivity index (χ0) is 23.3. The van der Waals surface area contributed by atoms with Crippen molar-refractivity contribution in [3.63, 3.8) is 0 Å². The van der Waals surface area contributed by atoms with Crippen LogP contribution in [0, 0.1) is 11.6 Å². The van der Waals surface area contributed by atoms with Crippen molar-refractivity contribution in [2.75, 3.05) is 13.6 Å². The Bertz CT molecular complexity index is 1070. The summed E-state index contributed by atoms with van der Waals surface area (Å²) in [4.78, 5) is 13.0. The van der Waals surface area contributed by atoms with E-state index in [9.17, 15) is 26.7 Å². The van der Waals surface area contributed by atoms with Gasteiger partial charge in [-0.15, -0.1) is 0 Å². The first-order valence-electron chi connectivity index (χ1n) is 9.49. The van der Waals surface area contributed by atoms with Crippen LogP contribution >= 0.6 is 11.9 Å². The molecule has 0 aliphatic heterocycles. The van der Waals surface area contributed by atoms with Crippen LogP contribution in [0.3, 0.4) is 0 Å². The van der Waals surface area contributed by atoms with Gasteiger partial charge in [0.15, 0.2) is 0 Å². The molecule has 0 saturated carbocycles. The van der Waals surface area contributed by atoms with E-state index in [4.69, 9.17) is 0 Å². The molecule has 9 heteroatoms. The van der Waals surface area contributed by atoms with Gasteiger partial charge in [0.1, 0.15) is 11.6 Å². The van der Waals surface area contributed by atoms with Gasteiger partial charge < -0.3 is 5.32 Å². The van der Waals surface area contributed by atoms with E-state index in [1.165, 1.54) is 54.4 Å². The van der Waals surface area contributed by atoms with Crippen molar-refractivity contribution in [3.05, 3.63) is 89.5 Å². The molecule has 0 fully saturated rings. The molecular weight excluding hydrogens is 447 g/mol. The summed E-state index contributed by atoms with van der Waals surface area (Å²) in [6.45, 7) is 0.191. The zero-order valence-electron chi connectivity index (χ0n) is 16.9. The van der Waals surface area contributed by atoms with E-state index >= 15 is 0 Å². The fourth-order valence-corrected chi connectivity index (χ4v) is 3.71. The highest BCUT2D eigenvalue weighted by atomic mass is 32.2. The van der Waals surface area contributed by atoms with Gasteiger partial charge in [-0.05, 0) is 78.7 Å². The van der Waals surface area contributed by atoms with Crippen LogP contribution in [-0.2, 0) is 17.5 Å². The smallest absolute Gasteiger partial charge is 0.351 e. The quantitative estimate of drug-likeness (QED) is 0.347. The Kier molecular flexibility index (Phi) is 7.52. The lowest BCUT2D eigenvalue weighted by atomic mass is 10.0. The standard InChI is InChI=1S/C23H19F5N2OS/c1-30(32-19-9-7-18(24)8-10-19)14-22(31)29-13-15-2-11-21(25)20(12-15)16-3-5-17(6-4-16)23(26,27)28/h2-12H,13-14H2,1H3,(H,29,31).